The van der Waals surface area contributed by atoms with E-state index in [1.165, 1.54) is 24.1 Å². The fraction of sp³-hybridized carbons (Fsp3) is 0.318. The molecule has 0 saturated carbocycles. The van der Waals surface area contributed by atoms with Crippen LogP contribution < -0.4 is 14.2 Å². The zero-order valence-electron chi connectivity index (χ0n) is 17.8. The number of para-hydroxylation sites is 1. The van der Waals surface area contributed by atoms with Gasteiger partial charge in [-0.05, 0) is 30.7 Å². The summed E-state index contributed by atoms with van der Waals surface area (Å²) in [7, 11) is 4.69. The van der Waals surface area contributed by atoms with Crippen LogP contribution in [-0.4, -0.2) is 48.3 Å². The van der Waals surface area contributed by atoms with Crippen LogP contribution in [0.25, 0.3) is 11.4 Å². The first-order valence-electron chi connectivity index (χ1n) is 9.68. The zero-order valence-corrected chi connectivity index (χ0v) is 17.8. The number of carbonyl (C=O) groups excluding carboxylic acids is 1. The Kier molecular flexibility index (Phi) is 7.07. The highest BCUT2D eigenvalue weighted by atomic mass is 19.1. The molecule has 0 aliphatic carbocycles. The molecule has 0 radical (unpaired) electrons. The summed E-state index contributed by atoms with van der Waals surface area (Å²) in [5.41, 5.74) is 0.626. The van der Waals surface area contributed by atoms with Crippen LogP contribution in [0.4, 0.5) is 4.39 Å². The summed E-state index contributed by atoms with van der Waals surface area (Å²) in [6.45, 7) is 1.86. The number of ether oxygens (including phenoxy) is 3. The summed E-state index contributed by atoms with van der Waals surface area (Å²) < 4.78 is 35.3. The third-order valence-corrected chi connectivity index (χ3v) is 4.62. The van der Waals surface area contributed by atoms with Crippen LogP contribution in [-0.2, 0) is 11.3 Å². The maximum atomic E-state index is 13.9. The van der Waals surface area contributed by atoms with E-state index in [0.717, 1.165) is 0 Å². The van der Waals surface area contributed by atoms with Crippen molar-refractivity contribution in [1.82, 2.24) is 15.0 Å². The lowest BCUT2D eigenvalue weighted by molar-refractivity contribution is -0.138. The van der Waals surface area contributed by atoms with Gasteiger partial charge in [-0.2, -0.15) is 4.98 Å². The summed E-state index contributed by atoms with van der Waals surface area (Å²) in [5.74, 6) is 0.909. The molecule has 1 atom stereocenters. The van der Waals surface area contributed by atoms with Gasteiger partial charge in [0.15, 0.2) is 17.7 Å². The minimum absolute atomic E-state index is 0.0303. The number of hydrogen-bond acceptors (Lipinski definition) is 7. The molecule has 8 nitrogen and oxygen atoms in total. The van der Waals surface area contributed by atoms with Gasteiger partial charge in [-0.25, -0.2) is 4.39 Å². The number of hydrogen-bond donors (Lipinski definition) is 0. The Morgan fingerprint density at radius 3 is 2.61 bits per heavy atom. The Morgan fingerprint density at radius 2 is 1.94 bits per heavy atom. The molecule has 31 heavy (non-hydrogen) atoms. The minimum Gasteiger partial charge on any atom is -0.497 e. The molecule has 3 aromatic rings. The predicted molar refractivity (Wildman–Crippen MR) is 110 cm³/mol. The van der Waals surface area contributed by atoms with Crippen molar-refractivity contribution in [3.8, 4) is 28.6 Å². The summed E-state index contributed by atoms with van der Waals surface area (Å²) in [4.78, 5) is 18.6. The molecule has 0 aliphatic rings. The van der Waals surface area contributed by atoms with Crippen LogP contribution in [0.2, 0.25) is 0 Å². The SMILES string of the molecule is CC[C@@H](Oc1ccccc1F)C(=O)N(C)Cc1nc(-c2ccc(OC)cc2OC)no1. The minimum atomic E-state index is -0.842. The molecule has 164 valence electrons. The highest BCUT2D eigenvalue weighted by Gasteiger charge is 2.25. The van der Waals surface area contributed by atoms with E-state index in [-0.39, 0.29) is 24.1 Å². The average molecular weight is 429 g/mol. The smallest absolute Gasteiger partial charge is 0.263 e. The van der Waals surface area contributed by atoms with Gasteiger partial charge in [0.05, 0.1) is 26.3 Å². The molecule has 0 fully saturated rings. The number of benzene rings is 2. The van der Waals surface area contributed by atoms with Crippen LogP contribution in [0.5, 0.6) is 17.2 Å². The highest BCUT2D eigenvalue weighted by Crippen LogP contribution is 2.31. The summed E-state index contributed by atoms with van der Waals surface area (Å²) in [6.07, 6.45) is -0.471. The standard InChI is InChI=1S/C22H24FN3O5/c1-5-17(30-18-9-7-6-8-16(18)23)22(27)26(2)13-20-24-21(25-31-20)15-11-10-14(28-3)12-19(15)29-4/h6-12,17H,5,13H2,1-4H3/t17-/m1/s1. The highest BCUT2D eigenvalue weighted by molar-refractivity contribution is 5.81. The molecule has 0 aliphatic heterocycles. The molecule has 0 bridgehead atoms. The molecule has 3 rings (SSSR count). The second-order valence-electron chi connectivity index (χ2n) is 6.72. The van der Waals surface area contributed by atoms with Crippen molar-refractivity contribution in [3.05, 3.63) is 54.2 Å². The van der Waals surface area contributed by atoms with Crippen molar-refractivity contribution < 1.29 is 27.9 Å². The second-order valence-corrected chi connectivity index (χ2v) is 6.72. The molecule has 0 saturated heterocycles. The second kappa shape index (κ2) is 9.92. The third-order valence-electron chi connectivity index (χ3n) is 4.62. The topological polar surface area (TPSA) is 86.9 Å². The lowest BCUT2D eigenvalue weighted by Crippen LogP contribution is -2.39. The fourth-order valence-electron chi connectivity index (χ4n) is 2.94. The first kappa shape index (κ1) is 22.1. The van der Waals surface area contributed by atoms with Crippen LogP contribution in [0.3, 0.4) is 0 Å². The number of amides is 1. The molecular formula is C22H24FN3O5. The van der Waals surface area contributed by atoms with Crippen molar-refractivity contribution in [2.75, 3.05) is 21.3 Å². The Hall–Kier alpha value is -3.62. The number of methoxy groups -OCH3 is 2. The summed E-state index contributed by atoms with van der Waals surface area (Å²) in [6, 6.07) is 11.2. The van der Waals surface area contributed by atoms with Crippen molar-refractivity contribution in [1.29, 1.82) is 0 Å². The van der Waals surface area contributed by atoms with E-state index in [0.29, 0.717) is 29.3 Å². The Bertz CT molecular complexity index is 1040. The quantitative estimate of drug-likeness (QED) is 0.512. The molecule has 0 unspecified atom stereocenters. The van der Waals surface area contributed by atoms with Crippen molar-refractivity contribution in [2.24, 2.45) is 0 Å². The van der Waals surface area contributed by atoms with Crippen molar-refractivity contribution >= 4 is 5.91 Å². The van der Waals surface area contributed by atoms with Crippen LogP contribution in [0.15, 0.2) is 47.0 Å². The van der Waals surface area contributed by atoms with Crippen LogP contribution in [0.1, 0.15) is 19.2 Å². The molecule has 1 heterocycles. The Labute approximate surface area is 179 Å². The van der Waals surface area contributed by atoms with Gasteiger partial charge in [0.2, 0.25) is 11.7 Å². The molecule has 1 aromatic heterocycles. The number of aromatic nitrogens is 2. The van der Waals surface area contributed by atoms with Crippen molar-refractivity contribution in [3.63, 3.8) is 0 Å². The largest absolute Gasteiger partial charge is 0.497 e. The van der Waals surface area contributed by atoms with Crippen LogP contribution in [0, 0.1) is 5.82 Å². The number of likely N-dealkylation sites (N-methyl/N-ethyl adjacent to an activating group) is 1. The van der Waals surface area contributed by atoms with E-state index in [2.05, 4.69) is 10.1 Å². The molecule has 9 heteroatoms. The first-order valence-corrected chi connectivity index (χ1v) is 9.68. The van der Waals surface area contributed by atoms with Gasteiger partial charge in [-0.15, -0.1) is 0 Å². The van der Waals surface area contributed by atoms with Gasteiger partial charge in [-0.3, -0.25) is 4.79 Å². The summed E-state index contributed by atoms with van der Waals surface area (Å²) in [5, 5.41) is 3.98. The van der Waals surface area contributed by atoms with Gasteiger partial charge < -0.3 is 23.6 Å². The Morgan fingerprint density at radius 1 is 1.16 bits per heavy atom. The van der Waals surface area contributed by atoms with Gasteiger partial charge in [0, 0.05) is 13.1 Å². The van der Waals surface area contributed by atoms with Gasteiger partial charge in [-0.1, -0.05) is 24.2 Å². The van der Waals surface area contributed by atoms with E-state index in [1.54, 1.807) is 51.4 Å². The number of rotatable bonds is 9. The monoisotopic (exact) mass is 429 g/mol. The van der Waals surface area contributed by atoms with Gasteiger partial charge in [0.1, 0.15) is 11.5 Å². The van der Waals surface area contributed by atoms with Crippen molar-refractivity contribution in [2.45, 2.75) is 26.0 Å². The van der Waals surface area contributed by atoms with E-state index in [4.69, 9.17) is 18.7 Å². The fourth-order valence-corrected chi connectivity index (χ4v) is 2.94. The summed E-state index contributed by atoms with van der Waals surface area (Å²) >= 11 is 0. The normalized spacial score (nSPS) is 11.6. The van der Waals surface area contributed by atoms with E-state index < -0.39 is 11.9 Å². The molecule has 1 amide bonds. The third kappa shape index (κ3) is 5.11. The zero-order chi connectivity index (χ0) is 22.4. The molecular weight excluding hydrogens is 405 g/mol. The maximum absolute atomic E-state index is 13.9. The molecule has 0 N–H and O–H groups in total. The van der Waals surface area contributed by atoms with Gasteiger partial charge in [0.25, 0.3) is 5.91 Å². The van der Waals surface area contributed by atoms with E-state index in [1.807, 2.05) is 0 Å². The van der Waals surface area contributed by atoms with E-state index in [9.17, 15) is 9.18 Å². The average Bonchev–Trinajstić information content (AvgIpc) is 3.25. The molecule has 2 aromatic carbocycles. The lowest BCUT2D eigenvalue weighted by Gasteiger charge is -2.22. The lowest BCUT2D eigenvalue weighted by atomic mass is 10.2. The predicted octanol–water partition coefficient (Wildman–Crippen LogP) is 3.71. The maximum Gasteiger partial charge on any atom is 0.263 e. The van der Waals surface area contributed by atoms with E-state index >= 15 is 0 Å². The first-order chi connectivity index (χ1) is 15.0. The molecule has 0 spiro atoms. The number of nitrogens with zero attached hydrogens (tertiary/aromatic N) is 3. The number of carbonyl (C=O) groups is 1. The van der Waals surface area contributed by atoms with Gasteiger partial charge >= 0.3 is 0 Å². The van der Waals surface area contributed by atoms with Crippen LogP contribution >= 0.6 is 0 Å². The number of halogens is 1. The Balaban J connectivity index is 1.71.